The van der Waals surface area contributed by atoms with Crippen molar-refractivity contribution in [2.24, 2.45) is 17.6 Å². The van der Waals surface area contributed by atoms with E-state index in [0.29, 0.717) is 0 Å². The molecule has 1 aromatic rings. The summed E-state index contributed by atoms with van der Waals surface area (Å²) in [7, 11) is 0. The molecule has 0 aliphatic carbocycles. The molecular formula is C16H25ClN2. The molecule has 1 fully saturated rings. The van der Waals surface area contributed by atoms with E-state index < -0.39 is 0 Å². The summed E-state index contributed by atoms with van der Waals surface area (Å²) in [6.45, 7) is 8.94. The molecule has 3 atom stereocenters. The molecule has 0 amide bonds. The molecule has 2 nitrogen and oxygen atoms in total. The van der Waals surface area contributed by atoms with Gasteiger partial charge in [0.05, 0.1) is 0 Å². The lowest BCUT2D eigenvalue weighted by atomic mass is 9.90. The molecule has 2 N–H and O–H groups in total. The molecule has 106 valence electrons. The van der Waals surface area contributed by atoms with E-state index in [1.54, 1.807) is 0 Å². The smallest absolute Gasteiger partial charge is 0.0459 e. The summed E-state index contributed by atoms with van der Waals surface area (Å²) in [5, 5.41) is 0.848. The standard InChI is InChI=1S/C16H25ClN2/c1-11-7-12(2)10-19(9-11)16-6-4-5-15(17)14(16)8-13(3)18/h4-6,11-13H,7-10,18H2,1-3H3. The Morgan fingerprint density at radius 3 is 2.53 bits per heavy atom. The lowest BCUT2D eigenvalue weighted by Gasteiger charge is -2.38. The maximum Gasteiger partial charge on any atom is 0.0459 e. The van der Waals surface area contributed by atoms with Gasteiger partial charge in [-0.05, 0) is 49.3 Å². The van der Waals surface area contributed by atoms with Crippen molar-refractivity contribution in [2.45, 2.75) is 39.7 Å². The van der Waals surface area contributed by atoms with Gasteiger partial charge in [0.15, 0.2) is 0 Å². The van der Waals surface area contributed by atoms with E-state index in [0.717, 1.165) is 36.4 Å². The largest absolute Gasteiger partial charge is 0.371 e. The van der Waals surface area contributed by atoms with Gasteiger partial charge in [-0.3, -0.25) is 0 Å². The highest BCUT2D eigenvalue weighted by Crippen LogP contribution is 2.32. The number of piperidine rings is 1. The van der Waals surface area contributed by atoms with Crippen LogP contribution in [0.1, 0.15) is 32.8 Å². The number of rotatable bonds is 3. The third-order valence-electron chi connectivity index (χ3n) is 3.83. The molecule has 0 radical (unpaired) electrons. The van der Waals surface area contributed by atoms with Gasteiger partial charge in [-0.2, -0.15) is 0 Å². The summed E-state index contributed by atoms with van der Waals surface area (Å²) in [4.78, 5) is 2.49. The lowest BCUT2D eigenvalue weighted by molar-refractivity contribution is 0.356. The molecule has 3 unspecified atom stereocenters. The van der Waals surface area contributed by atoms with E-state index in [2.05, 4.69) is 24.8 Å². The second-order valence-electron chi connectivity index (χ2n) is 6.27. The zero-order valence-corrected chi connectivity index (χ0v) is 13.0. The van der Waals surface area contributed by atoms with E-state index in [-0.39, 0.29) is 6.04 Å². The highest BCUT2D eigenvalue weighted by atomic mass is 35.5. The minimum atomic E-state index is 0.137. The summed E-state index contributed by atoms with van der Waals surface area (Å²) in [6.07, 6.45) is 2.16. The average Bonchev–Trinajstić information content (AvgIpc) is 2.30. The summed E-state index contributed by atoms with van der Waals surface area (Å²) in [5.41, 5.74) is 8.46. The van der Waals surface area contributed by atoms with Crippen molar-refractivity contribution in [3.63, 3.8) is 0 Å². The van der Waals surface area contributed by atoms with Crippen molar-refractivity contribution < 1.29 is 0 Å². The van der Waals surface area contributed by atoms with E-state index in [1.807, 2.05) is 19.1 Å². The van der Waals surface area contributed by atoms with Crippen molar-refractivity contribution in [3.8, 4) is 0 Å². The van der Waals surface area contributed by atoms with E-state index in [4.69, 9.17) is 17.3 Å². The zero-order valence-electron chi connectivity index (χ0n) is 12.2. The lowest BCUT2D eigenvalue weighted by Crippen LogP contribution is -2.39. The molecular weight excluding hydrogens is 256 g/mol. The van der Waals surface area contributed by atoms with Crippen LogP contribution in [0.2, 0.25) is 5.02 Å². The Morgan fingerprint density at radius 2 is 1.95 bits per heavy atom. The first-order chi connectivity index (χ1) is 8.97. The monoisotopic (exact) mass is 280 g/mol. The maximum absolute atomic E-state index is 6.38. The second kappa shape index (κ2) is 6.15. The number of nitrogens with zero attached hydrogens (tertiary/aromatic N) is 1. The highest BCUT2D eigenvalue weighted by Gasteiger charge is 2.24. The Labute approximate surface area is 121 Å². The van der Waals surface area contributed by atoms with Crippen LogP contribution in [0.3, 0.4) is 0 Å². The van der Waals surface area contributed by atoms with Crippen molar-refractivity contribution in [2.75, 3.05) is 18.0 Å². The minimum absolute atomic E-state index is 0.137. The van der Waals surface area contributed by atoms with Gasteiger partial charge in [-0.1, -0.05) is 31.5 Å². The first kappa shape index (κ1) is 14.7. The summed E-state index contributed by atoms with van der Waals surface area (Å²) in [5.74, 6) is 1.48. The normalized spacial score (nSPS) is 25.4. The molecule has 0 saturated carbocycles. The Kier molecular flexibility index (Phi) is 4.75. The number of anilines is 1. The van der Waals surface area contributed by atoms with Crippen LogP contribution in [0.15, 0.2) is 18.2 Å². The van der Waals surface area contributed by atoms with Gasteiger partial charge in [-0.15, -0.1) is 0 Å². The Morgan fingerprint density at radius 1 is 1.32 bits per heavy atom. The number of hydrogen-bond acceptors (Lipinski definition) is 2. The van der Waals surface area contributed by atoms with Crippen LogP contribution in [-0.2, 0) is 6.42 Å². The van der Waals surface area contributed by atoms with Crippen molar-refractivity contribution in [1.82, 2.24) is 0 Å². The van der Waals surface area contributed by atoms with Crippen molar-refractivity contribution in [3.05, 3.63) is 28.8 Å². The quantitative estimate of drug-likeness (QED) is 0.914. The molecule has 1 aliphatic rings. The SMILES string of the molecule is CC(N)Cc1c(Cl)cccc1N1CC(C)CC(C)C1. The van der Waals surface area contributed by atoms with Crippen LogP contribution in [-0.4, -0.2) is 19.1 Å². The molecule has 1 saturated heterocycles. The van der Waals surface area contributed by atoms with Gasteiger partial charge in [0, 0.05) is 29.8 Å². The molecule has 0 spiro atoms. The molecule has 3 heteroatoms. The number of halogens is 1. The minimum Gasteiger partial charge on any atom is -0.371 e. The van der Waals surface area contributed by atoms with Crippen molar-refractivity contribution in [1.29, 1.82) is 0 Å². The van der Waals surface area contributed by atoms with Crippen LogP contribution in [0, 0.1) is 11.8 Å². The third-order valence-corrected chi connectivity index (χ3v) is 4.18. The molecule has 1 aliphatic heterocycles. The number of benzene rings is 1. The number of nitrogens with two attached hydrogens (primary N) is 1. The van der Waals surface area contributed by atoms with Crippen molar-refractivity contribution >= 4 is 17.3 Å². The van der Waals surface area contributed by atoms with Gasteiger partial charge < -0.3 is 10.6 Å². The van der Waals surface area contributed by atoms with Crippen LogP contribution >= 0.6 is 11.6 Å². The van der Waals surface area contributed by atoms with E-state index in [9.17, 15) is 0 Å². The zero-order chi connectivity index (χ0) is 14.0. The molecule has 1 aromatic carbocycles. The fourth-order valence-electron chi connectivity index (χ4n) is 3.23. The molecule has 0 bridgehead atoms. The van der Waals surface area contributed by atoms with Gasteiger partial charge in [0.2, 0.25) is 0 Å². The van der Waals surface area contributed by atoms with Gasteiger partial charge in [0.1, 0.15) is 0 Å². The summed E-state index contributed by atoms with van der Waals surface area (Å²) in [6, 6.07) is 6.35. The van der Waals surface area contributed by atoms with Crippen LogP contribution in [0.4, 0.5) is 5.69 Å². The Hall–Kier alpha value is -0.730. The summed E-state index contributed by atoms with van der Waals surface area (Å²) >= 11 is 6.38. The molecule has 0 aromatic heterocycles. The first-order valence-corrected chi connectivity index (χ1v) is 7.63. The maximum atomic E-state index is 6.38. The third kappa shape index (κ3) is 3.64. The fourth-order valence-corrected chi connectivity index (χ4v) is 3.47. The van der Waals surface area contributed by atoms with Gasteiger partial charge >= 0.3 is 0 Å². The van der Waals surface area contributed by atoms with Gasteiger partial charge in [0.25, 0.3) is 0 Å². The topological polar surface area (TPSA) is 29.3 Å². The molecule has 19 heavy (non-hydrogen) atoms. The summed E-state index contributed by atoms with van der Waals surface area (Å²) < 4.78 is 0. The predicted octanol–water partition coefficient (Wildman–Crippen LogP) is 3.71. The fraction of sp³-hybridized carbons (Fsp3) is 0.625. The Balaban J connectivity index is 2.30. The van der Waals surface area contributed by atoms with Crippen LogP contribution in [0.5, 0.6) is 0 Å². The molecule has 2 rings (SSSR count). The van der Waals surface area contributed by atoms with E-state index in [1.165, 1.54) is 17.7 Å². The number of hydrogen-bond donors (Lipinski definition) is 1. The Bertz CT molecular complexity index is 421. The average molecular weight is 281 g/mol. The first-order valence-electron chi connectivity index (χ1n) is 7.25. The molecule has 1 heterocycles. The van der Waals surface area contributed by atoms with Gasteiger partial charge in [-0.25, -0.2) is 0 Å². The van der Waals surface area contributed by atoms with E-state index >= 15 is 0 Å². The predicted molar refractivity (Wildman–Crippen MR) is 84.0 cm³/mol. The highest BCUT2D eigenvalue weighted by molar-refractivity contribution is 6.31. The van der Waals surface area contributed by atoms with Crippen LogP contribution in [0.25, 0.3) is 0 Å². The van der Waals surface area contributed by atoms with Crippen LogP contribution < -0.4 is 10.6 Å². The second-order valence-corrected chi connectivity index (χ2v) is 6.68.